The van der Waals surface area contributed by atoms with Crippen molar-refractivity contribution in [3.8, 4) is 11.4 Å². The normalized spacial score (nSPS) is 11.8. The third-order valence-electron chi connectivity index (χ3n) is 5.00. The van der Waals surface area contributed by atoms with Crippen molar-refractivity contribution in [2.75, 3.05) is 6.54 Å². The lowest BCUT2D eigenvalue weighted by molar-refractivity contribution is -0.384. The summed E-state index contributed by atoms with van der Waals surface area (Å²) in [6.07, 6.45) is 1.14. The Bertz CT molecular complexity index is 1050. The molecule has 1 heterocycles. The van der Waals surface area contributed by atoms with Gasteiger partial charge in [-0.2, -0.15) is 4.98 Å². The quantitative estimate of drug-likeness (QED) is 0.403. The first-order chi connectivity index (χ1) is 14.4. The number of carbonyl (C=O) groups is 1. The Kier molecular flexibility index (Phi) is 6.56. The van der Waals surface area contributed by atoms with E-state index in [1.807, 2.05) is 45.0 Å². The SMILES string of the molecule is CC[C@@H](C)N(CCc1nc(-c2cccc(C)c2)no1)C(=O)c1cccc([N+](=O)[O-])c1. The summed E-state index contributed by atoms with van der Waals surface area (Å²) in [5.41, 5.74) is 2.15. The van der Waals surface area contributed by atoms with Gasteiger partial charge in [-0.05, 0) is 32.4 Å². The van der Waals surface area contributed by atoms with E-state index in [4.69, 9.17) is 4.52 Å². The number of non-ortho nitro benzene ring substituents is 1. The fourth-order valence-corrected chi connectivity index (χ4v) is 3.13. The Morgan fingerprint density at radius 3 is 2.70 bits per heavy atom. The number of benzene rings is 2. The standard InChI is InChI=1S/C22H24N4O4/c1-4-16(3)25(22(27)18-9-6-10-19(14-18)26(28)29)12-11-20-23-21(24-30-20)17-8-5-7-15(2)13-17/h5-10,13-14,16H,4,11-12H2,1-3H3/t16-/m1/s1. The van der Waals surface area contributed by atoms with E-state index in [2.05, 4.69) is 10.1 Å². The number of hydrogen-bond acceptors (Lipinski definition) is 6. The lowest BCUT2D eigenvalue weighted by Crippen LogP contribution is -2.39. The molecule has 156 valence electrons. The fourth-order valence-electron chi connectivity index (χ4n) is 3.13. The number of nitro groups is 1. The number of amides is 1. The summed E-state index contributed by atoms with van der Waals surface area (Å²) >= 11 is 0. The van der Waals surface area contributed by atoms with Crippen LogP contribution in [0.2, 0.25) is 0 Å². The van der Waals surface area contributed by atoms with Gasteiger partial charge in [-0.15, -0.1) is 0 Å². The molecule has 0 radical (unpaired) electrons. The molecule has 0 saturated carbocycles. The second-order valence-corrected chi connectivity index (χ2v) is 7.19. The van der Waals surface area contributed by atoms with Gasteiger partial charge in [0.1, 0.15) is 0 Å². The van der Waals surface area contributed by atoms with Crippen molar-refractivity contribution in [3.63, 3.8) is 0 Å². The summed E-state index contributed by atoms with van der Waals surface area (Å²) in [6.45, 7) is 6.29. The zero-order chi connectivity index (χ0) is 21.7. The minimum Gasteiger partial charge on any atom is -0.339 e. The average Bonchev–Trinajstić information content (AvgIpc) is 3.22. The molecular weight excluding hydrogens is 384 g/mol. The van der Waals surface area contributed by atoms with Crippen LogP contribution in [0.4, 0.5) is 5.69 Å². The van der Waals surface area contributed by atoms with Crippen LogP contribution in [0, 0.1) is 17.0 Å². The molecule has 1 atom stereocenters. The number of rotatable bonds is 8. The van der Waals surface area contributed by atoms with Crippen LogP contribution < -0.4 is 0 Å². The first-order valence-corrected chi connectivity index (χ1v) is 9.84. The van der Waals surface area contributed by atoms with Gasteiger partial charge >= 0.3 is 0 Å². The molecule has 1 aromatic heterocycles. The number of hydrogen-bond donors (Lipinski definition) is 0. The van der Waals surface area contributed by atoms with Crippen molar-refractivity contribution < 1.29 is 14.2 Å². The predicted octanol–water partition coefficient (Wildman–Crippen LogP) is 4.44. The van der Waals surface area contributed by atoms with Gasteiger partial charge in [-0.1, -0.05) is 41.9 Å². The Morgan fingerprint density at radius 2 is 2.00 bits per heavy atom. The van der Waals surface area contributed by atoms with Gasteiger partial charge < -0.3 is 9.42 Å². The zero-order valence-corrected chi connectivity index (χ0v) is 17.2. The smallest absolute Gasteiger partial charge is 0.270 e. The van der Waals surface area contributed by atoms with Gasteiger partial charge in [0.25, 0.3) is 11.6 Å². The Hall–Kier alpha value is -3.55. The average molecular weight is 408 g/mol. The van der Waals surface area contributed by atoms with Gasteiger partial charge in [-0.25, -0.2) is 0 Å². The van der Waals surface area contributed by atoms with E-state index < -0.39 is 4.92 Å². The van der Waals surface area contributed by atoms with Crippen molar-refractivity contribution in [2.45, 2.75) is 39.7 Å². The summed E-state index contributed by atoms with van der Waals surface area (Å²) in [7, 11) is 0. The molecule has 0 aliphatic carbocycles. The van der Waals surface area contributed by atoms with Gasteiger partial charge in [0, 0.05) is 42.3 Å². The van der Waals surface area contributed by atoms with Crippen molar-refractivity contribution in [1.82, 2.24) is 15.0 Å². The van der Waals surface area contributed by atoms with Crippen LogP contribution in [-0.4, -0.2) is 38.5 Å². The summed E-state index contributed by atoms with van der Waals surface area (Å²) in [5, 5.41) is 15.1. The highest BCUT2D eigenvalue weighted by Crippen LogP contribution is 2.19. The molecule has 3 rings (SSSR count). The van der Waals surface area contributed by atoms with Crippen LogP contribution in [0.1, 0.15) is 42.1 Å². The fraction of sp³-hybridized carbons (Fsp3) is 0.318. The molecule has 0 unspecified atom stereocenters. The molecule has 0 saturated heterocycles. The molecule has 0 bridgehead atoms. The van der Waals surface area contributed by atoms with Crippen LogP contribution >= 0.6 is 0 Å². The highest BCUT2D eigenvalue weighted by Gasteiger charge is 2.23. The zero-order valence-electron chi connectivity index (χ0n) is 17.2. The van der Waals surface area contributed by atoms with Crippen molar-refractivity contribution in [1.29, 1.82) is 0 Å². The third kappa shape index (κ3) is 4.89. The largest absolute Gasteiger partial charge is 0.339 e. The highest BCUT2D eigenvalue weighted by molar-refractivity contribution is 5.95. The van der Waals surface area contributed by atoms with Crippen LogP contribution in [0.25, 0.3) is 11.4 Å². The van der Waals surface area contributed by atoms with E-state index in [0.29, 0.717) is 24.7 Å². The maximum absolute atomic E-state index is 13.0. The number of aromatic nitrogens is 2. The molecule has 0 aliphatic rings. The number of carbonyl (C=O) groups excluding carboxylic acids is 1. The van der Waals surface area contributed by atoms with Crippen LogP contribution in [0.15, 0.2) is 53.1 Å². The molecular formula is C22H24N4O4. The molecule has 2 aromatic carbocycles. The van der Waals surface area contributed by atoms with E-state index in [-0.39, 0.29) is 23.2 Å². The molecule has 0 spiro atoms. The van der Waals surface area contributed by atoms with E-state index >= 15 is 0 Å². The van der Waals surface area contributed by atoms with Crippen molar-refractivity contribution >= 4 is 11.6 Å². The van der Waals surface area contributed by atoms with Gasteiger partial charge in [-0.3, -0.25) is 14.9 Å². The summed E-state index contributed by atoms with van der Waals surface area (Å²) in [6, 6.07) is 13.6. The molecule has 8 heteroatoms. The summed E-state index contributed by atoms with van der Waals surface area (Å²) in [4.78, 5) is 29.7. The lowest BCUT2D eigenvalue weighted by atomic mass is 10.1. The second-order valence-electron chi connectivity index (χ2n) is 7.19. The monoisotopic (exact) mass is 408 g/mol. The van der Waals surface area contributed by atoms with Crippen LogP contribution in [0.3, 0.4) is 0 Å². The van der Waals surface area contributed by atoms with Gasteiger partial charge in [0.2, 0.25) is 11.7 Å². The van der Waals surface area contributed by atoms with E-state index in [0.717, 1.165) is 17.5 Å². The molecule has 0 aliphatic heterocycles. The van der Waals surface area contributed by atoms with Crippen LogP contribution in [-0.2, 0) is 6.42 Å². The maximum Gasteiger partial charge on any atom is 0.270 e. The first kappa shape index (κ1) is 21.2. The topological polar surface area (TPSA) is 102 Å². The number of nitrogens with zero attached hydrogens (tertiary/aromatic N) is 4. The predicted molar refractivity (Wildman–Crippen MR) is 112 cm³/mol. The highest BCUT2D eigenvalue weighted by atomic mass is 16.6. The van der Waals surface area contributed by atoms with E-state index in [1.54, 1.807) is 11.0 Å². The molecule has 0 fully saturated rings. The molecule has 1 amide bonds. The first-order valence-electron chi connectivity index (χ1n) is 9.84. The van der Waals surface area contributed by atoms with E-state index in [9.17, 15) is 14.9 Å². The Labute approximate surface area is 174 Å². The molecule has 30 heavy (non-hydrogen) atoms. The summed E-state index contributed by atoms with van der Waals surface area (Å²) in [5.74, 6) is 0.687. The molecule has 3 aromatic rings. The molecule has 0 N–H and O–H groups in total. The minimum atomic E-state index is -0.504. The van der Waals surface area contributed by atoms with Gasteiger partial charge in [0.05, 0.1) is 4.92 Å². The second kappa shape index (κ2) is 9.30. The number of aryl methyl sites for hydroxylation is 1. The van der Waals surface area contributed by atoms with Crippen molar-refractivity contribution in [2.24, 2.45) is 0 Å². The maximum atomic E-state index is 13.0. The Balaban J connectivity index is 1.75. The lowest BCUT2D eigenvalue weighted by Gasteiger charge is -2.28. The van der Waals surface area contributed by atoms with Crippen molar-refractivity contribution in [3.05, 3.63) is 75.7 Å². The summed E-state index contributed by atoms with van der Waals surface area (Å²) < 4.78 is 5.37. The molecule has 8 nitrogen and oxygen atoms in total. The minimum absolute atomic E-state index is 0.0454. The third-order valence-corrected chi connectivity index (χ3v) is 5.00. The van der Waals surface area contributed by atoms with Crippen LogP contribution in [0.5, 0.6) is 0 Å². The number of nitro benzene ring substituents is 1. The van der Waals surface area contributed by atoms with Gasteiger partial charge in [0.15, 0.2) is 0 Å². The van der Waals surface area contributed by atoms with E-state index in [1.165, 1.54) is 18.2 Å². The Morgan fingerprint density at radius 1 is 1.23 bits per heavy atom.